The second-order valence-corrected chi connectivity index (χ2v) is 5.34. The van der Waals surface area contributed by atoms with Gasteiger partial charge in [-0.15, -0.1) is 0 Å². The van der Waals surface area contributed by atoms with Gasteiger partial charge in [0.15, 0.2) is 11.5 Å². The third-order valence-electron chi connectivity index (χ3n) is 2.89. The van der Waals surface area contributed by atoms with E-state index >= 15 is 0 Å². The molecule has 0 bridgehead atoms. The van der Waals surface area contributed by atoms with Gasteiger partial charge in [0.1, 0.15) is 17.9 Å². The SMILES string of the molecule is CCC(=O)c1cc2cc(OCCNC(C)S)ccc2o1. The van der Waals surface area contributed by atoms with Crippen molar-refractivity contribution in [2.45, 2.75) is 25.6 Å². The van der Waals surface area contributed by atoms with Crippen LogP contribution in [0.25, 0.3) is 11.0 Å². The first kappa shape index (κ1) is 14.9. The van der Waals surface area contributed by atoms with Crippen molar-refractivity contribution in [3.05, 3.63) is 30.0 Å². The third-order valence-corrected chi connectivity index (χ3v) is 3.08. The number of nitrogens with one attached hydrogen (secondary N) is 1. The van der Waals surface area contributed by atoms with Crippen LogP contribution in [0, 0.1) is 0 Å². The highest BCUT2D eigenvalue weighted by Crippen LogP contribution is 2.25. The molecule has 1 heterocycles. The van der Waals surface area contributed by atoms with Crippen LogP contribution in [0.4, 0.5) is 0 Å². The van der Waals surface area contributed by atoms with Gasteiger partial charge in [-0.2, -0.15) is 12.6 Å². The van der Waals surface area contributed by atoms with Crippen LogP contribution < -0.4 is 10.1 Å². The molecule has 2 aromatic rings. The first-order valence-electron chi connectivity index (χ1n) is 6.71. The number of rotatable bonds is 7. The average molecular weight is 293 g/mol. The Morgan fingerprint density at radius 3 is 2.95 bits per heavy atom. The van der Waals surface area contributed by atoms with E-state index in [4.69, 9.17) is 9.15 Å². The van der Waals surface area contributed by atoms with Crippen LogP contribution in [0.5, 0.6) is 5.75 Å². The van der Waals surface area contributed by atoms with Crippen molar-refractivity contribution in [1.82, 2.24) is 5.32 Å². The van der Waals surface area contributed by atoms with E-state index in [0.29, 0.717) is 24.4 Å². The molecule has 1 aromatic carbocycles. The highest BCUT2D eigenvalue weighted by molar-refractivity contribution is 7.80. The summed E-state index contributed by atoms with van der Waals surface area (Å²) in [6.45, 7) is 5.08. The van der Waals surface area contributed by atoms with Crippen LogP contribution in [0.2, 0.25) is 0 Å². The van der Waals surface area contributed by atoms with Crippen molar-refractivity contribution in [1.29, 1.82) is 0 Å². The summed E-state index contributed by atoms with van der Waals surface area (Å²) in [4.78, 5) is 11.6. The Kier molecular flexibility index (Phi) is 5.09. The van der Waals surface area contributed by atoms with E-state index in [2.05, 4.69) is 17.9 Å². The Hall–Kier alpha value is -1.46. The van der Waals surface area contributed by atoms with Gasteiger partial charge < -0.3 is 14.5 Å². The van der Waals surface area contributed by atoms with Crippen LogP contribution in [0.3, 0.4) is 0 Å². The lowest BCUT2D eigenvalue weighted by atomic mass is 10.2. The molecule has 1 unspecified atom stereocenters. The second-order valence-electron chi connectivity index (χ2n) is 4.57. The summed E-state index contributed by atoms with van der Waals surface area (Å²) in [7, 11) is 0. The van der Waals surface area contributed by atoms with Crippen molar-refractivity contribution in [2.24, 2.45) is 0 Å². The number of benzene rings is 1. The van der Waals surface area contributed by atoms with Crippen LogP contribution >= 0.6 is 12.6 Å². The van der Waals surface area contributed by atoms with Gasteiger partial charge in [0.05, 0.1) is 0 Å². The molecule has 0 radical (unpaired) electrons. The largest absolute Gasteiger partial charge is 0.492 e. The van der Waals surface area contributed by atoms with Crippen LogP contribution in [-0.2, 0) is 0 Å². The summed E-state index contributed by atoms with van der Waals surface area (Å²) >= 11 is 4.23. The molecule has 0 saturated carbocycles. The molecule has 0 spiro atoms. The molecule has 20 heavy (non-hydrogen) atoms. The summed E-state index contributed by atoms with van der Waals surface area (Å²) in [5.41, 5.74) is 0.705. The van der Waals surface area contributed by atoms with Gasteiger partial charge in [0.25, 0.3) is 0 Å². The maximum atomic E-state index is 11.6. The minimum Gasteiger partial charge on any atom is -0.492 e. The fraction of sp³-hybridized carbons (Fsp3) is 0.400. The predicted molar refractivity (Wildman–Crippen MR) is 82.8 cm³/mol. The number of ketones is 1. The lowest BCUT2D eigenvalue weighted by Gasteiger charge is -2.09. The van der Waals surface area contributed by atoms with Gasteiger partial charge in [0, 0.05) is 23.7 Å². The minimum absolute atomic E-state index is 0.00985. The zero-order valence-electron chi connectivity index (χ0n) is 11.7. The normalized spacial score (nSPS) is 12.6. The minimum atomic E-state index is 0.00985. The molecule has 0 aliphatic heterocycles. The molecule has 0 fully saturated rings. The Morgan fingerprint density at radius 2 is 2.25 bits per heavy atom. The van der Waals surface area contributed by atoms with Gasteiger partial charge in [-0.1, -0.05) is 6.92 Å². The predicted octanol–water partition coefficient (Wildman–Crippen LogP) is 3.27. The van der Waals surface area contributed by atoms with Crippen molar-refractivity contribution in [2.75, 3.05) is 13.2 Å². The van der Waals surface area contributed by atoms with Gasteiger partial charge >= 0.3 is 0 Å². The average Bonchev–Trinajstić information content (AvgIpc) is 2.85. The number of fused-ring (bicyclic) bond motifs is 1. The quantitative estimate of drug-likeness (QED) is 0.356. The summed E-state index contributed by atoms with van der Waals surface area (Å²) in [5.74, 6) is 1.18. The topological polar surface area (TPSA) is 51.5 Å². The maximum Gasteiger partial charge on any atom is 0.197 e. The number of thiol groups is 1. The monoisotopic (exact) mass is 293 g/mol. The van der Waals surface area contributed by atoms with Gasteiger partial charge in [-0.25, -0.2) is 0 Å². The molecule has 1 atom stereocenters. The van der Waals surface area contributed by atoms with E-state index in [0.717, 1.165) is 17.7 Å². The number of hydrogen-bond acceptors (Lipinski definition) is 5. The van der Waals surface area contributed by atoms with Gasteiger partial charge in [0.2, 0.25) is 0 Å². The molecule has 0 saturated heterocycles. The Labute approximate surface area is 123 Å². The fourth-order valence-electron chi connectivity index (χ4n) is 1.86. The lowest BCUT2D eigenvalue weighted by molar-refractivity contribution is 0.0963. The first-order valence-corrected chi connectivity index (χ1v) is 7.23. The molecule has 1 aromatic heterocycles. The van der Waals surface area contributed by atoms with E-state index in [9.17, 15) is 4.79 Å². The fourth-order valence-corrected chi connectivity index (χ4v) is 1.99. The molecule has 2 rings (SSSR count). The molecule has 5 heteroatoms. The lowest BCUT2D eigenvalue weighted by Crippen LogP contribution is -2.26. The highest BCUT2D eigenvalue weighted by Gasteiger charge is 2.10. The number of hydrogen-bond donors (Lipinski definition) is 2. The molecule has 1 N–H and O–H groups in total. The van der Waals surface area contributed by atoms with E-state index in [1.54, 1.807) is 6.07 Å². The summed E-state index contributed by atoms with van der Waals surface area (Å²) in [6, 6.07) is 7.32. The van der Waals surface area contributed by atoms with E-state index in [1.165, 1.54) is 0 Å². The first-order chi connectivity index (χ1) is 9.60. The number of carbonyl (C=O) groups excluding carboxylic acids is 1. The smallest absolute Gasteiger partial charge is 0.197 e. The number of Topliss-reactive ketones (excluding diaryl/α,β-unsaturated/α-hetero) is 1. The molecule has 4 nitrogen and oxygen atoms in total. The van der Waals surface area contributed by atoms with Crippen molar-refractivity contribution in [3.8, 4) is 5.75 Å². The van der Waals surface area contributed by atoms with Crippen LogP contribution in [0.15, 0.2) is 28.7 Å². The highest BCUT2D eigenvalue weighted by atomic mass is 32.1. The van der Waals surface area contributed by atoms with E-state index < -0.39 is 0 Å². The van der Waals surface area contributed by atoms with Crippen LogP contribution in [0.1, 0.15) is 30.8 Å². The summed E-state index contributed by atoms with van der Waals surface area (Å²) in [5, 5.41) is 4.19. The van der Waals surface area contributed by atoms with Gasteiger partial charge in [-0.3, -0.25) is 4.79 Å². The molecular weight excluding hydrogens is 274 g/mol. The molecule has 0 aliphatic carbocycles. The molecule has 108 valence electrons. The molecular formula is C15H19NO3S. The zero-order chi connectivity index (χ0) is 14.5. The summed E-state index contributed by atoms with van der Waals surface area (Å²) in [6.07, 6.45) is 0.441. The van der Waals surface area contributed by atoms with E-state index in [1.807, 2.05) is 32.0 Å². The van der Waals surface area contributed by atoms with Crippen molar-refractivity contribution < 1.29 is 13.9 Å². The van der Waals surface area contributed by atoms with Crippen molar-refractivity contribution >= 4 is 29.4 Å². The Morgan fingerprint density at radius 1 is 1.45 bits per heavy atom. The maximum absolute atomic E-state index is 11.6. The van der Waals surface area contributed by atoms with E-state index in [-0.39, 0.29) is 11.2 Å². The van der Waals surface area contributed by atoms with Crippen LogP contribution in [-0.4, -0.2) is 24.3 Å². The van der Waals surface area contributed by atoms with Gasteiger partial charge in [-0.05, 0) is 31.2 Å². The number of furan rings is 1. The zero-order valence-corrected chi connectivity index (χ0v) is 12.6. The second kappa shape index (κ2) is 6.81. The Bertz CT molecular complexity index is 592. The number of carbonyl (C=O) groups is 1. The van der Waals surface area contributed by atoms with Crippen molar-refractivity contribution in [3.63, 3.8) is 0 Å². The Balaban J connectivity index is 2.03. The standard InChI is InChI=1S/C15H19NO3S/c1-3-13(17)15-9-11-8-12(4-5-14(11)19-15)18-7-6-16-10(2)20/h4-5,8-10,16,20H,3,6-7H2,1-2H3. The molecule has 0 aliphatic rings. The number of ether oxygens (including phenoxy) is 1. The third kappa shape index (κ3) is 3.77. The molecule has 0 amide bonds. The summed E-state index contributed by atoms with van der Waals surface area (Å²) < 4.78 is 11.1.